The molecule has 3 fully saturated rings. The molecule has 0 aromatic heterocycles. The fourth-order valence-corrected chi connectivity index (χ4v) is 8.04. The maximum absolute atomic E-state index is 13.3. The number of aryl methyl sites for hydroxylation is 1. The van der Waals surface area contributed by atoms with E-state index in [4.69, 9.17) is 16.3 Å². The summed E-state index contributed by atoms with van der Waals surface area (Å²) in [6.45, 7) is 7.70. The summed E-state index contributed by atoms with van der Waals surface area (Å²) in [4.78, 5) is 17.3. The standard InChI is InChI=1S/C25H38ClN3O4S.ClH/c1-20-6-4-8-23(26)25(20)34(31,32)29-14-5-7-22(29)18-33-19-24(30)28-16-10-21(11-17-28)9-15-27-12-2-3-13-27;/h4,6,8,21-22H,2-3,5,7,9-19H2,1H3;1H/t22-;/m0./s1. The number of likely N-dealkylation sites (tertiary alicyclic amines) is 2. The number of carbonyl (C=O) groups excluding carboxylic acids is 1. The van der Waals surface area contributed by atoms with E-state index in [0.717, 1.165) is 38.8 Å². The van der Waals surface area contributed by atoms with Gasteiger partial charge >= 0.3 is 0 Å². The number of carbonyl (C=O) groups is 1. The van der Waals surface area contributed by atoms with E-state index in [1.165, 1.54) is 43.2 Å². The molecule has 35 heavy (non-hydrogen) atoms. The van der Waals surface area contributed by atoms with E-state index in [-0.39, 0.29) is 47.5 Å². The molecule has 7 nitrogen and oxygen atoms in total. The van der Waals surface area contributed by atoms with E-state index in [0.29, 0.717) is 18.0 Å². The van der Waals surface area contributed by atoms with E-state index in [1.54, 1.807) is 25.1 Å². The molecule has 1 amide bonds. The van der Waals surface area contributed by atoms with Crippen LogP contribution in [0.25, 0.3) is 0 Å². The predicted octanol–water partition coefficient (Wildman–Crippen LogP) is 3.96. The van der Waals surface area contributed by atoms with Gasteiger partial charge in [-0.05, 0) is 89.1 Å². The summed E-state index contributed by atoms with van der Waals surface area (Å²) < 4.78 is 33.9. The quantitative estimate of drug-likeness (QED) is 0.467. The first-order valence-electron chi connectivity index (χ1n) is 12.7. The maximum Gasteiger partial charge on any atom is 0.248 e. The molecule has 4 rings (SSSR count). The Labute approximate surface area is 221 Å². The van der Waals surface area contributed by atoms with Crippen LogP contribution in [0.4, 0.5) is 0 Å². The van der Waals surface area contributed by atoms with Crippen molar-refractivity contribution < 1.29 is 17.9 Å². The summed E-state index contributed by atoms with van der Waals surface area (Å²) in [6, 6.07) is 4.85. The molecule has 198 valence electrons. The Bertz CT molecular complexity index is 928. The molecular formula is C25H39Cl2N3O4S. The van der Waals surface area contributed by atoms with Crippen molar-refractivity contribution in [1.82, 2.24) is 14.1 Å². The number of piperidine rings is 1. The van der Waals surface area contributed by atoms with Gasteiger partial charge in [-0.2, -0.15) is 4.31 Å². The molecule has 0 radical (unpaired) electrons. The lowest BCUT2D eigenvalue weighted by Crippen LogP contribution is -2.42. The number of halogens is 2. The molecular weight excluding hydrogens is 509 g/mol. The van der Waals surface area contributed by atoms with Crippen LogP contribution in [0.1, 0.15) is 50.5 Å². The smallest absolute Gasteiger partial charge is 0.248 e. The van der Waals surface area contributed by atoms with E-state index < -0.39 is 10.0 Å². The monoisotopic (exact) mass is 547 g/mol. The van der Waals surface area contributed by atoms with Crippen molar-refractivity contribution in [2.45, 2.75) is 62.8 Å². The first-order chi connectivity index (χ1) is 16.4. The Hall–Kier alpha value is -0.900. The summed E-state index contributed by atoms with van der Waals surface area (Å²) in [7, 11) is -3.72. The van der Waals surface area contributed by atoms with Gasteiger partial charge in [0.25, 0.3) is 0 Å². The third-order valence-corrected chi connectivity index (χ3v) is 10.2. The van der Waals surface area contributed by atoms with Crippen LogP contribution < -0.4 is 0 Å². The first-order valence-corrected chi connectivity index (χ1v) is 14.5. The normalized spacial score (nSPS) is 22.5. The lowest BCUT2D eigenvalue weighted by molar-refractivity contribution is -0.137. The highest BCUT2D eigenvalue weighted by atomic mass is 35.5. The van der Waals surface area contributed by atoms with Gasteiger partial charge in [-0.3, -0.25) is 4.79 Å². The Kier molecular flexibility index (Phi) is 10.7. The van der Waals surface area contributed by atoms with Gasteiger partial charge in [0.15, 0.2) is 0 Å². The van der Waals surface area contributed by atoms with Gasteiger partial charge in [0.1, 0.15) is 11.5 Å². The minimum Gasteiger partial charge on any atom is -0.370 e. The summed E-state index contributed by atoms with van der Waals surface area (Å²) in [5.74, 6) is 0.712. The van der Waals surface area contributed by atoms with E-state index >= 15 is 0 Å². The fourth-order valence-electron chi connectivity index (χ4n) is 5.57. The van der Waals surface area contributed by atoms with Crippen LogP contribution in [0.5, 0.6) is 0 Å². The van der Waals surface area contributed by atoms with Crippen molar-refractivity contribution in [3.8, 4) is 0 Å². The SMILES string of the molecule is Cc1cccc(Cl)c1S(=O)(=O)N1CCC[C@H]1COCC(=O)N1CCC(CCN2CCCC2)CC1.Cl. The van der Waals surface area contributed by atoms with Crippen molar-refractivity contribution in [3.63, 3.8) is 0 Å². The average Bonchev–Trinajstić information content (AvgIpc) is 3.50. The van der Waals surface area contributed by atoms with Crippen molar-refractivity contribution in [2.75, 3.05) is 52.5 Å². The Balaban J connectivity index is 0.00000342. The lowest BCUT2D eigenvalue weighted by Gasteiger charge is -2.33. The topological polar surface area (TPSA) is 70.2 Å². The van der Waals surface area contributed by atoms with Crippen LogP contribution in [-0.2, 0) is 19.6 Å². The molecule has 0 N–H and O–H groups in total. The molecule has 0 unspecified atom stereocenters. The number of sulfonamides is 1. The molecule has 0 saturated carbocycles. The molecule has 1 aromatic carbocycles. The molecule has 1 atom stereocenters. The molecule has 0 spiro atoms. The van der Waals surface area contributed by atoms with Gasteiger partial charge in [0, 0.05) is 25.7 Å². The van der Waals surface area contributed by atoms with E-state index in [1.807, 2.05) is 4.90 Å². The molecule has 3 aliphatic rings. The highest BCUT2D eigenvalue weighted by Gasteiger charge is 2.37. The third-order valence-electron chi connectivity index (χ3n) is 7.61. The number of rotatable bonds is 9. The van der Waals surface area contributed by atoms with Crippen molar-refractivity contribution in [3.05, 3.63) is 28.8 Å². The Morgan fingerprint density at radius 3 is 2.46 bits per heavy atom. The molecule has 3 heterocycles. The zero-order chi connectivity index (χ0) is 24.1. The lowest BCUT2D eigenvalue weighted by atomic mass is 9.93. The van der Waals surface area contributed by atoms with Crippen LogP contribution in [0.15, 0.2) is 23.1 Å². The molecule has 0 bridgehead atoms. The number of hydrogen-bond acceptors (Lipinski definition) is 5. The van der Waals surface area contributed by atoms with Crippen LogP contribution in [0.2, 0.25) is 5.02 Å². The Morgan fingerprint density at radius 2 is 1.77 bits per heavy atom. The van der Waals surface area contributed by atoms with Gasteiger partial charge in [-0.25, -0.2) is 8.42 Å². The minimum absolute atomic E-state index is 0. The second-order valence-electron chi connectivity index (χ2n) is 9.97. The van der Waals surface area contributed by atoms with E-state index in [2.05, 4.69) is 4.90 Å². The van der Waals surface area contributed by atoms with Gasteiger partial charge in [-0.1, -0.05) is 23.7 Å². The number of ether oxygens (including phenoxy) is 1. The largest absolute Gasteiger partial charge is 0.370 e. The fraction of sp³-hybridized carbons (Fsp3) is 0.720. The van der Waals surface area contributed by atoms with E-state index in [9.17, 15) is 13.2 Å². The van der Waals surface area contributed by atoms with Crippen molar-refractivity contribution in [1.29, 1.82) is 0 Å². The minimum atomic E-state index is -3.72. The number of nitrogens with zero attached hydrogens (tertiary/aromatic N) is 3. The van der Waals surface area contributed by atoms with Gasteiger partial charge in [0.05, 0.1) is 11.6 Å². The zero-order valence-corrected chi connectivity index (χ0v) is 23.1. The molecule has 3 saturated heterocycles. The van der Waals surface area contributed by atoms with Gasteiger partial charge in [-0.15, -0.1) is 12.4 Å². The highest BCUT2D eigenvalue weighted by Crippen LogP contribution is 2.32. The maximum atomic E-state index is 13.3. The Morgan fingerprint density at radius 1 is 1.06 bits per heavy atom. The van der Waals surface area contributed by atoms with Crippen LogP contribution in [-0.4, -0.2) is 87.0 Å². The number of hydrogen-bond donors (Lipinski definition) is 0. The second kappa shape index (κ2) is 13.1. The van der Waals surface area contributed by atoms with Crippen LogP contribution in [0.3, 0.4) is 0 Å². The summed E-state index contributed by atoms with van der Waals surface area (Å²) in [6.07, 6.45) is 7.51. The molecule has 3 aliphatic heterocycles. The summed E-state index contributed by atoms with van der Waals surface area (Å²) >= 11 is 6.25. The first kappa shape index (κ1) is 28.7. The summed E-state index contributed by atoms with van der Waals surface area (Å²) in [5, 5.41) is 0.241. The van der Waals surface area contributed by atoms with Gasteiger partial charge in [0.2, 0.25) is 15.9 Å². The summed E-state index contributed by atoms with van der Waals surface area (Å²) in [5.41, 5.74) is 0.637. The molecule has 10 heteroatoms. The highest BCUT2D eigenvalue weighted by molar-refractivity contribution is 7.89. The second-order valence-corrected chi connectivity index (χ2v) is 12.2. The van der Waals surface area contributed by atoms with Crippen LogP contribution >= 0.6 is 24.0 Å². The number of amides is 1. The molecule has 1 aromatic rings. The molecule has 0 aliphatic carbocycles. The number of benzene rings is 1. The van der Waals surface area contributed by atoms with Crippen LogP contribution in [0, 0.1) is 12.8 Å². The predicted molar refractivity (Wildman–Crippen MR) is 141 cm³/mol. The average molecular weight is 549 g/mol. The van der Waals surface area contributed by atoms with Crippen molar-refractivity contribution in [2.24, 2.45) is 5.92 Å². The van der Waals surface area contributed by atoms with Gasteiger partial charge < -0.3 is 14.5 Å². The zero-order valence-electron chi connectivity index (χ0n) is 20.7. The van der Waals surface area contributed by atoms with Crippen molar-refractivity contribution >= 4 is 39.9 Å². The third kappa shape index (κ3) is 7.11.